The second kappa shape index (κ2) is 5.83. The molecule has 1 aliphatic rings. The van der Waals surface area contributed by atoms with Crippen molar-refractivity contribution in [1.29, 1.82) is 0 Å². The van der Waals surface area contributed by atoms with Gasteiger partial charge in [0.05, 0.1) is 7.11 Å². The average molecular weight is 276 g/mol. The molecule has 1 N–H and O–H groups in total. The monoisotopic (exact) mass is 276 g/mol. The number of hydrogen-bond donors (Lipinski definition) is 1. The summed E-state index contributed by atoms with van der Waals surface area (Å²) in [7, 11) is 3.56. The summed E-state index contributed by atoms with van der Waals surface area (Å²) in [6.45, 7) is 5.08. The van der Waals surface area contributed by atoms with E-state index in [1.165, 1.54) is 7.11 Å². The summed E-state index contributed by atoms with van der Waals surface area (Å²) in [4.78, 5) is 14.6. The van der Waals surface area contributed by atoms with Crippen molar-refractivity contribution in [2.75, 3.05) is 26.0 Å². The first kappa shape index (κ1) is 14.9. The summed E-state index contributed by atoms with van der Waals surface area (Å²) < 4.78 is 5.07. The number of methoxy groups -OCH3 is 1. The summed E-state index contributed by atoms with van der Waals surface area (Å²) in [5, 5.41) is 3.46. The van der Waals surface area contributed by atoms with Crippen LogP contribution in [0.25, 0.3) is 0 Å². The third-order valence-electron chi connectivity index (χ3n) is 4.38. The van der Waals surface area contributed by atoms with Gasteiger partial charge in [0, 0.05) is 18.3 Å². The number of benzene rings is 1. The molecule has 20 heavy (non-hydrogen) atoms. The van der Waals surface area contributed by atoms with Crippen molar-refractivity contribution in [2.24, 2.45) is 0 Å². The minimum Gasteiger partial charge on any atom is -0.467 e. The molecule has 0 bridgehead atoms. The van der Waals surface area contributed by atoms with Gasteiger partial charge in [-0.05, 0) is 45.4 Å². The lowest BCUT2D eigenvalue weighted by atomic mass is 9.83. The van der Waals surface area contributed by atoms with E-state index >= 15 is 0 Å². The summed E-state index contributed by atoms with van der Waals surface area (Å²) in [5.41, 5.74) is 1.53. The molecule has 2 rings (SSSR count). The van der Waals surface area contributed by atoms with E-state index in [9.17, 15) is 4.79 Å². The zero-order valence-electron chi connectivity index (χ0n) is 12.8. The van der Waals surface area contributed by atoms with E-state index in [1.807, 2.05) is 31.2 Å². The van der Waals surface area contributed by atoms with Gasteiger partial charge in [-0.1, -0.05) is 18.2 Å². The van der Waals surface area contributed by atoms with E-state index in [0.717, 1.165) is 30.6 Å². The molecule has 1 saturated heterocycles. The Kier molecular flexibility index (Phi) is 4.33. The molecule has 1 fully saturated rings. The van der Waals surface area contributed by atoms with Crippen LogP contribution >= 0.6 is 0 Å². The molecule has 110 valence electrons. The number of anilines is 1. The van der Waals surface area contributed by atoms with Crippen LogP contribution in [0.4, 0.5) is 5.69 Å². The van der Waals surface area contributed by atoms with Gasteiger partial charge < -0.3 is 15.0 Å². The van der Waals surface area contributed by atoms with Crippen LogP contribution in [0.5, 0.6) is 0 Å². The molecular weight excluding hydrogens is 252 g/mol. The lowest BCUT2D eigenvalue weighted by Gasteiger charge is -2.43. The number of likely N-dealkylation sites (tertiary alicyclic amines) is 1. The minimum atomic E-state index is -0.618. The Bertz CT molecular complexity index is 489. The maximum Gasteiger partial charge on any atom is 0.331 e. The second-order valence-corrected chi connectivity index (χ2v) is 5.80. The van der Waals surface area contributed by atoms with Gasteiger partial charge in [0.2, 0.25) is 0 Å². The fourth-order valence-corrected chi connectivity index (χ4v) is 2.87. The standard InChI is InChI=1S/C16H24N2O2/c1-12-7-5-6-8-14(12)17-16(15(19)20-4)9-10-18(3)13(2)11-16/h5-8,13,17H,9-11H2,1-4H3. The van der Waals surface area contributed by atoms with Crippen molar-refractivity contribution in [3.63, 3.8) is 0 Å². The molecule has 2 atom stereocenters. The molecule has 0 amide bonds. The Labute approximate surface area is 121 Å². The number of carbonyl (C=O) groups is 1. The predicted molar refractivity (Wildman–Crippen MR) is 80.9 cm³/mol. The van der Waals surface area contributed by atoms with Crippen LogP contribution in [0.2, 0.25) is 0 Å². The first-order valence-corrected chi connectivity index (χ1v) is 7.11. The molecule has 0 aliphatic carbocycles. The van der Waals surface area contributed by atoms with Crippen LogP contribution in [0.3, 0.4) is 0 Å². The Balaban J connectivity index is 2.29. The molecule has 2 unspecified atom stereocenters. The largest absolute Gasteiger partial charge is 0.467 e. The third kappa shape index (κ3) is 2.80. The van der Waals surface area contributed by atoms with Crippen LogP contribution in [0.1, 0.15) is 25.3 Å². The molecule has 4 nitrogen and oxygen atoms in total. The number of carbonyl (C=O) groups excluding carboxylic acids is 1. The number of esters is 1. The Morgan fingerprint density at radius 2 is 2.15 bits per heavy atom. The highest BCUT2D eigenvalue weighted by molar-refractivity contribution is 5.85. The van der Waals surface area contributed by atoms with Crippen LogP contribution in [0.15, 0.2) is 24.3 Å². The fourth-order valence-electron chi connectivity index (χ4n) is 2.87. The first-order chi connectivity index (χ1) is 9.48. The number of ether oxygens (including phenoxy) is 1. The lowest BCUT2D eigenvalue weighted by molar-refractivity contribution is -0.148. The van der Waals surface area contributed by atoms with E-state index in [4.69, 9.17) is 4.74 Å². The van der Waals surface area contributed by atoms with Crippen LogP contribution < -0.4 is 5.32 Å². The third-order valence-corrected chi connectivity index (χ3v) is 4.38. The maximum atomic E-state index is 12.4. The van der Waals surface area contributed by atoms with Gasteiger partial charge in [0.1, 0.15) is 5.54 Å². The minimum absolute atomic E-state index is 0.166. The Morgan fingerprint density at radius 3 is 2.75 bits per heavy atom. The number of para-hydroxylation sites is 1. The molecule has 1 aliphatic heterocycles. The quantitative estimate of drug-likeness (QED) is 0.861. The smallest absolute Gasteiger partial charge is 0.331 e. The number of piperidine rings is 1. The molecule has 0 radical (unpaired) electrons. The highest BCUT2D eigenvalue weighted by Crippen LogP contribution is 2.32. The van der Waals surface area contributed by atoms with Gasteiger partial charge in [-0.15, -0.1) is 0 Å². The van der Waals surface area contributed by atoms with Gasteiger partial charge in [0.15, 0.2) is 0 Å². The number of rotatable bonds is 3. The number of hydrogen-bond acceptors (Lipinski definition) is 4. The van der Waals surface area contributed by atoms with Crippen molar-refractivity contribution in [3.8, 4) is 0 Å². The highest BCUT2D eigenvalue weighted by atomic mass is 16.5. The molecule has 4 heteroatoms. The van der Waals surface area contributed by atoms with Crippen molar-refractivity contribution in [1.82, 2.24) is 4.90 Å². The zero-order chi connectivity index (χ0) is 14.8. The molecule has 0 spiro atoms. The summed E-state index contributed by atoms with van der Waals surface area (Å²) >= 11 is 0. The van der Waals surface area contributed by atoms with Gasteiger partial charge in [-0.3, -0.25) is 0 Å². The van der Waals surface area contributed by atoms with Crippen molar-refractivity contribution in [2.45, 2.75) is 38.3 Å². The molecule has 1 heterocycles. The lowest BCUT2D eigenvalue weighted by Crippen LogP contribution is -2.57. The first-order valence-electron chi connectivity index (χ1n) is 7.11. The molecular formula is C16H24N2O2. The van der Waals surface area contributed by atoms with Crippen LogP contribution in [-0.4, -0.2) is 43.2 Å². The molecule has 0 saturated carbocycles. The van der Waals surface area contributed by atoms with Crippen LogP contribution in [0, 0.1) is 6.92 Å². The number of aryl methyl sites for hydroxylation is 1. The Hall–Kier alpha value is -1.55. The van der Waals surface area contributed by atoms with E-state index < -0.39 is 5.54 Å². The number of nitrogens with one attached hydrogen (secondary N) is 1. The predicted octanol–water partition coefficient (Wildman–Crippen LogP) is 2.43. The van der Waals surface area contributed by atoms with E-state index in [1.54, 1.807) is 0 Å². The normalized spacial score (nSPS) is 27.1. The molecule has 0 aromatic heterocycles. The van der Waals surface area contributed by atoms with E-state index in [2.05, 4.69) is 24.2 Å². The van der Waals surface area contributed by atoms with E-state index in [-0.39, 0.29) is 5.97 Å². The summed E-state index contributed by atoms with van der Waals surface area (Å²) in [6.07, 6.45) is 1.51. The van der Waals surface area contributed by atoms with Gasteiger partial charge in [-0.2, -0.15) is 0 Å². The van der Waals surface area contributed by atoms with E-state index in [0.29, 0.717) is 6.04 Å². The van der Waals surface area contributed by atoms with Crippen LogP contribution in [-0.2, 0) is 9.53 Å². The van der Waals surface area contributed by atoms with Crippen molar-refractivity contribution in [3.05, 3.63) is 29.8 Å². The molecule has 1 aromatic rings. The SMILES string of the molecule is COC(=O)C1(Nc2ccccc2C)CCN(C)C(C)C1. The molecule has 1 aromatic carbocycles. The highest BCUT2D eigenvalue weighted by Gasteiger charge is 2.44. The van der Waals surface area contributed by atoms with Gasteiger partial charge in [-0.25, -0.2) is 4.79 Å². The summed E-state index contributed by atoms with van der Waals surface area (Å²) in [5.74, 6) is -0.166. The van der Waals surface area contributed by atoms with Crippen molar-refractivity contribution >= 4 is 11.7 Å². The second-order valence-electron chi connectivity index (χ2n) is 5.80. The fraction of sp³-hybridized carbons (Fsp3) is 0.562. The topological polar surface area (TPSA) is 41.6 Å². The van der Waals surface area contributed by atoms with Gasteiger partial charge >= 0.3 is 5.97 Å². The average Bonchev–Trinajstić information content (AvgIpc) is 2.44. The Morgan fingerprint density at radius 1 is 1.45 bits per heavy atom. The maximum absolute atomic E-state index is 12.4. The number of nitrogens with zero attached hydrogens (tertiary/aromatic N) is 1. The summed E-state index contributed by atoms with van der Waals surface area (Å²) in [6, 6.07) is 8.40. The zero-order valence-corrected chi connectivity index (χ0v) is 12.8. The van der Waals surface area contributed by atoms with Gasteiger partial charge in [0.25, 0.3) is 0 Å². The van der Waals surface area contributed by atoms with Crippen molar-refractivity contribution < 1.29 is 9.53 Å².